The molecule has 2 aromatic rings. The quantitative estimate of drug-likeness (QED) is 0.857. The Bertz CT molecular complexity index is 721. The van der Waals surface area contributed by atoms with Crippen molar-refractivity contribution in [3.05, 3.63) is 53.2 Å². The number of rotatable bonds is 4. The lowest BCUT2D eigenvalue weighted by Crippen LogP contribution is -2.42. The number of aryl methyl sites for hydroxylation is 2. The van der Waals surface area contributed by atoms with E-state index in [2.05, 4.69) is 9.97 Å². The predicted octanol–water partition coefficient (Wildman–Crippen LogP) is 2.85. The van der Waals surface area contributed by atoms with Gasteiger partial charge in [-0.2, -0.15) is 4.98 Å². The number of likely N-dealkylation sites (tertiary alicyclic amines) is 1. The summed E-state index contributed by atoms with van der Waals surface area (Å²) in [7, 11) is 0. The molecule has 1 aromatic heterocycles. The van der Waals surface area contributed by atoms with Gasteiger partial charge >= 0.3 is 0 Å². The number of nitrogens with zero attached hydrogens (tertiary/aromatic N) is 3. The lowest BCUT2D eigenvalue weighted by atomic mass is 10.1. The molecule has 1 aromatic carbocycles. The molecule has 3 rings (SSSR count). The minimum absolute atomic E-state index is 0.0589. The first-order chi connectivity index (χ1) is 12.0. The van der Waals surface area contributed by atoms with E-state index in [0.29, 0.717) is 31.2 Å². The van der Waals surface area contributed by atoms with Crippen molar-refractivity contribution in [3.8, 4) is 5.88 Å². The highest BCUT2D eigenvalue weighted by Gasteiger charge is 2.24. The number of halogens is 1. The Balaban J connectivity index is 1.51. The molecule has 0 radical (unpaired) electrons. The van der Waals surface area contributed by atoms with Gasteiger partial charge in [0.1, 0.15) is 17.7 Å². The molecule has 1 amide bonds. The zero-order valence-corrected chi connectivity index (χ0v) is 14.5. The summed E-state index contributed by atoms with van der Waals surface area (Å²) >= 11 is 0. The van der Waals surface area contributed by atoms with E-state index in [4.69, 9.17) is 4.74 Å². The molecule has 1 fully saturated rings. The fraction of sp³-hybridized carbons (Fsp3) is 0.421. The molecular formula is C19H22FN3O2. The normalized spacial score (nSPS) is 15.2. The summed E-state index contributed by atoms with van der Waals surface area (Å²) in [5.74, 6) is 1.08. The van der Waals surface area contributed by atoms with Crippen LogP contribution in [0.3, 0.4) is 0 Å². The number of carbonyl (C=O) groups excluding carboxylic acids is 1. The van der Waals surface area contributed by atoms with Gasteiger partial charge < -0.3 is 9.64 Å². The van der Waals surface area contributed by atoms with Crippen molar-refractivity contribution in [3.63, 3.8) is 0 Å². The van der Waals surface area contributed by atoms with Crippen LogP contribution in [0.4, 0.5) is 4.39 Å². The molecule has 1 aliphatic rings. The van der Waals surface area contributed by atoms with Crippen LogP contribution in [-0.2, 0) is 11.2 Å². The van der Waals surface area contributed by atoms with Crippen molar-refractivity contribution < 1.29 is 13.9 Å². The summed E-state index contributed by atoms with van der Waals surface area (Å²) in [5, 5.41) is 0. The van der Waals surface area contributed by atoms with Crippen molar-refractivity contribution >= 4 is 5.91 Å². The third kappa shape index (κ3) is 4.75. The van der Waals surface area contributed by atoms with Crippen LogP contribution in [0, 0.1) is 19.7 Å². The molecular weight excluding hydrogens is 321 g/mol. The Labute approximate surface area is 146 Å². The van der Waals surface area contributed by atoms with Gasteiger partial charge in [0, 0.05) is 37.7 Å². The minimum atomic E-state index is -0.288. The fourth-order valence-corrected chi connectivity index (χ4v) is 3.03. The van der Waals surface area contributed by atoms with E-state index in [-0.39, 0.29) is 17.8 Å². The van der Waals surface area contributed by atoms with E-state index in [1.807, 2.05) is 24.8 Å². The van der Waals surface area contributed by atoms with E-state index in [9.17, 15) is 9.18 Å². The smallest absolute Gasteiger partial charge is 0.226 e. The predicted molar refractivity (Wildman–Crippen MR) is 91.8 cm³/mol. The van der Waals surface area contributed by atoms with Crippen molar-refractivity contribution in [1.29, 1.82) is 0 Å². The Hall–Kier alpha value is -2.50. The minimum Gasteiger partial charge on any atom is -0.474 e. The van der Waals surface area contributed by atoms with Crippen LogP contribution in [0.1, 0.15) is 29.9 Å². The summed E-state index contributed by atoms with van der Waals surface area (Å²) in [6, 6.07) is 7.91. The first-order valence-corrected chi connectivity index (χ1v) is 8.51. The van der Waals surface area contributed by atoms with E-state index in [0.717, 1.165) is 24.1 Å². The van der Waals surface area contributed by atoms with Crippen LogP contribution in [0.15, 0.2) is 30.3 Å². The van der Waals surface area contributed by atoms with Crippen molar-refractivity contribution in [2.24, 2.45) is 0 Å². The number of amides is 1. The average Bonchev–Trinajstić information content (AvgIpc) is 2.56. The highest BCUT2D eigenvalue weighted by Crippen LogP contribution is 2.19. The van der Waals surface area contributed by atoms with E-state index < -0.39 is 0 Å². The maximum Gasteiger partial charge on any atom is 0.226 e. The van der Waals surface area contributed by atoms with E-state index in [1.54, 1.807) is 12.1 Å². The zero-order chi connectivity index (χ0) is 17.8. The largest absolute Gasteiger partial charge is 0.474 e. The Kier molecular flexibility index (Phi) is 5.26. The van der Waals surface area contributed by atoms with Crippen molar-refractivity contribution in [2.75, 3.05) is 13.1 Å². The van der Waals surface area contributed by atoms with Crippen LogP contribution in [0.2, 0.25) is 0 Å². The summed E-state index contributed by atoms with van der Waals surface area (Å²) in [6.07, 6.45) is 1.91. The second-order valence-corrected chi connectivity index (χ2v) is 6.40. The molecule has 0 bridgehead atoms. The number of ether oxygens (including phenoxy) is 1. The average molecular weight is 343 g/mol. The fourth-order valence-electron chi connectivity index (χ4n) is 3.03. The lowest BCUT2D eigenvalue weighted by Gasteiger charge is -2.32. The van der Waals surface area contributed by atoms with Gasteiger partial charge in [0.05, 0.1) is 6.42 Å². The van der Waals surface area contributed by atoms with Gasteiger partial charge in [-0.1, -0.05) is 12.1 Å². The van der Waals surface area contributed by atoms with Gasteiger partial charge in [0.2, 0.25) is 11.8 Å². The Morgan fingerprint density at radius 1 is 1.20 bits per heavy atom. The number of hydrogen-bond donors (Lipinski definition) is 0. The lowest BCUT2D eigenvalue weighted by molar-refractivity contribution is -0.132. The highest BCUT2D eigenvalue weighted by atomic mass is 19.1. The van der Waals surface area contributed by atoms with E-state index in [1.165, 1.54) is 12.1 Å². The van der Waals surface area contributed by atoms with Gasteiger partial charge in [-0.3, -0.25) is 4.79 Å². The summed E-state index contributed by atoms with van der Waals surface area (Å²) in [4.78, 5) is 22.8. The third-order valence-corrected chi connectivity index (χ3v) is 4.29. The van der Waals surface area contributed by atoms with Crippen LogP contribution in [0.25, 0.3) is 0 Å². The number of hydrogen-bond acceptors (Lipinski definition) is 4. The molecule has 132 valence electrons. The maximum atomic E-state index is 12.9. The Morgan fingerprint density at radius 2 is 1.88 bits per heavy atom. The highest BCUT2D eigenvalue weighted by molar-refractivity contribution is 5.78. The van der Waals surface area contributed by atoms with Gasteiger partial charge in [-0.05, 0) is 31.5 Å². The number of aromatic nitrogens is 2. The van der Waals surface area contributed by atoms with Crippen LogP contribution < -0.4 is 4.74 Å². The standard InChI is InChI=1S/C19H22FN3O2/c1-13-11-18(22-14(2)21-13)25-17-7-9-23(10-8-17)19(24)12-15-3-5-16(20)6-4-15/h3-6,11,17H,7-10,12H2,1-2H3. The number of benzene rings is 1. The Morgan fingerprint density at radius 3 is 2.52 bits per heavy atom. The first kappa shape index (κ1) is 17.3. The molecule has 2 heterocycles. The molecule has 0 N–H and O–H groups in total. The topological polar surface area (TPSA) is 55.3 Å². The molecule has 0 spiro atoms. The third-order valence-electron chi connectivity index (χ3n) is 4.29. The maximum absolute atomic E-state index is 12.9. The second kappa shape index (κ2) is 7.59. The van der Waals surface area contributed by atoms with Crippen molar-refractivity contribution in [1.82, 2.24) is 14.9 Å². The SMILES string of the molecule is Cc1cc(OC2CCN(C(=O)Cc3ccc(F)cc3)CC2)nc(C)n1. The molecule has 0 aliphatic carbocycles. The number of carbonyl (C=O) groups is 1. The summed E-state index contributed by atoms with van der Waals surface area (Å²) < 4.78 is 18.9. The molecule has 0 atom stereocenters. The molecule has 0 saturated carbocycles. The molecule has 5 nitrogen and oxygen atoms in total. The summed E-state index contributed by atoms with van der Waals surface area (Å²) in [6.45, 7) is 5.08. The zero-order valence-electron chi connectivity index (χ0n) is 14.5. The molecule has 0 unspecified atom stereocenters. The first-order valence-electron chi connectivity index (χ1n) is 8.51. The number of piperidine rings is 1. The van der Waals surface area contributed by atoms with Crippen LogP contribution >= 0.6 is 0 Å². The monoisotopic (exact) mass is 343 g/mol. The van der Waals surface area contributed by atoms with Crippen molar-refractivity contribution in [2.45, 2.75) is 39.2 Å². The summed E-state index contributed by atoms with van der Waals surface area (Å²) in [5.41, 5.74) is 1.71. The van der Waals surface area contributed by atoms with Crippen LogP contribution in [0.5, 0.6) is 5.88 Å². The van der Waals surface area contributed by atoms with E-state index >= 15 is 0 Å². The van der Waals surface area contributed by atoms with Gasteiger partial charge in [-0.25, -0.2) is 9.37 Å². The van der Waals surface area contributed by atoms with Gasteiger partial charge in [0.15, 0.2) is 0 Å². The molecule has 1 saturated heterocycles. The molecule has 25 heavy (non-hydrogen) atoms. The molecule has 1 aliphatic heterocycles. The molecule has 6 heteroatoms. The van der Waals surface area contributed by atoms with Gasteiger partial charge in [-0.15, -0.1) is 0 Å². The van der Waals surface area contributed by atoms with Gasteiger partial charge in [0.25, 0.3) is 0 Å². The van der Waals surface area contributed by atoms with Crippen LogP contribution in [-0.4, -0.2) is 40.0 Å². The second-order valence-electron chi connectivity index (χ2n) is 6.40.